The zero-order valence-corrected chi connectivity index (χ0v) is 10.9. The maximum atomic E-state index is 13.7. The molecule has 1 amide bonds. The molecule has 3 N–H and O–H groups in total. The number of hydrogen-bond donors (Lipinski definition) is 2. The molecular formula is C14H18F2N2O. The van der Waals surface area contributed by atoms with Crippen LogP contribution in [-0.4, -0.2) is 12.5 Å². The Hall–Kier alpha value is -1.49. The number of carbonyl (C=O) groups excluding carboxylic acids is 1. The SMILES string of the molecule is Cc1cc(F)c(NC(=O)C2(CN)CCCC2)cc1F. The van der Waals surface area contributed by atoms with E-state index in [2.05, 4.69) is 5.32 Å². The third kappa shape index (κ3) is 2.61. The van der Waals surface area contributed by atoms with Gasteiger partial charge in [0.05, 0.1) is 11.1 Å². The zero-order valence-electron chi connectivity index (χ0n) is 10.9. The number of rotatable bonds is 3. The van der Waals surface area contributed by atoms with Gasteiger partial charge in [0, 0.05) is 12.6 Å². The first-order valence-electron chi connectivity index (χ1n) is 6.46. The molecule has 0 aromatic heterocycles. The van der Waals surface area contributed by atoms with Gasteiger partial charge in [0.25, 0.3) is 0 Å². The highest BCUT2D eigenvalue weighted by atomic mass is 19.1. The van der Waals surface area contributed by atoms with Gasteiger partial charge in [0.1, 0.15) is 11.6 Å². The van der Waals surface area contributed by atoms with E-state index in [4.69, 9.17) is 5.73 Å². The quantitative estimate of drug-likeness (QED) is 0.885. The molecule has 0 radical (unpaired) electrons. The number of benzene rings is 1. The van der Waals surface area contributed by atoms with Gasteiger partial charge in [-0.2, -0.15) is 0 Å². The number of anilines is 1. The Morgan fingerprint density at radius 1 is 1.32 bits per heavy atom. The van der Waals surface area contributed by atoms with E-state index < -0.39 is 17.0 Å². The van der Waals surface area contributed by atoms with Crippen LogP contribution in [0.5, 0.6) is 0 Å². The van der Waals surface area contributed by atoms with E-state index in [0.29, 0.717) is 12.8 Å². The van der Waals surface area contributed by atoms with Crippen molar-refractivity contribution in [2.24, 2.45) is 11.1 Å². The molecular weight excluding hydrogens is 250 g/mol. The van der Waals surface area contributed by atoms with Crippen LogP contribution in [0.25, 0.3) is 0 Å². The number of amides is 1. The van der Waals surface area contributed by atoms with Crippen molar-refractivity contribution in [1.82, 2.24) is 0 Å². The molecule has 0 bridgehead atoms. The summed E-state index contributed by atoms with van der Waals surface area (Å²) < 4.78 is 27.1. The van der Waals surface area contributed by atoms with Gasteiger partial charge in [0.2, 0.25) is 5.91 Å². The highest BCUT2D eigenvalue weighted by Crippen LogP contribution is 2.38. The molecule has 1 aromatic rings. The molecule has 5 heteroatoms. The minimum absolute atomic E-state index is 0.118. The lowest BCUT2D eigenvalue weighted by Gasteiger charge is -2.25. The van der Waals surface area contributed by atoms with E-state index >= 15 is 0 Å². The van der Waals surface area contributed by atoms with Gasteiger partial charge >= 0.3 is 0 Å². The molecule has 1 aromatic carbocycles. The average molecular weight is 268 g/mol. The standard InChI is InChI=1S/C14H18F2N2O/c1-9-6-11(16)12(7-10(9)15)18-13(19)14(8-17)4-2-3-5-14/h6-7H,2-5,8,17H2,1H3,(H,18,19). The van der Waals surface area contributed by atoms with Gasteiger partial charge in [0.15, 0.2) is 0 Å². The fourth-order valence-electron chi connectivity index (χ4n) is 2.57. The Bertz CT molecular complexity index is 496. The minimum Gasteiger partial charge on any atom is -0.329 e. The first kappa shape index (κ1) is 13.9. The van der Waals surface area contributed by atoms with Crippen molar-refractivity contribution in [2.75, 3.05) is 11.9 Å². The van der Waals surface area contributed by atoms with Crippen LogP contribution < -0.4 is 11.1 Å². The van der Waals surface area contributed by atoms with Gasteiger partial charge in [-0.05, 0) is 31.4 Å². The zero-order chi connectivity index (χ0) is 14.0. The maximum absolute atomic E-state index is 13.7. The number of nitrogens with one attached hydrogen (secondary N) is 1. The molecule has 3 nitrogen and oxygen atoms in total. The van der Waals surface area contributed by atoms with Gasteiger partial charge in [-0.3, -0.25) is 4.79 Å². The Morgan fingerprint density at radius 3 is 2.53 bits per heavy atom. The molecule has 0 aliphatic heterocycles. The van der Waals surface area contributed by atoms with Gasteiger partial charge in [-0.25, -0.2) is 8.78 Å². The number of nitrogens with two attached hydrogens (primary N) is 1. The predicted octanol–water partition coefficient (Wildman–Crippen LogP) is 2.73. The molecule has 0 heterocycles. The van der Waals surface area contributed by atoms with Crippen LogP contribution in [0, 0.1) is 24.0 Å². The topological polar surface area (TPSA) is 55.1 Å². The van der Waals surface area contributed by atoms with Crippen LogP contribution in [0.3, 0.4) is 0 Å². The maximum Gasteiger partial charge on any atom is 0.231 e. The Balaban J connectivity index is 2.21. The number of hydrogen-bond acceptors (Lipinski definition) is 2. The summed E-state index contributed by atoms with van der Waals surface area (Å²) in [6.45, 7) is 1.71. The van der Waals surface area contributed by atoms with Gasteiger partial charge in [-0.15, -0.1) is 0 Å². The minimum atomic E-state index is -0.631. The molecule has 1 aliphatic carbocycles. The van der Waals surface area contributed by atoms with Crippen molar-refractivity contribution in [1.29, 1.82) is 0 Å². The van der Waals surface area contributed by atoms with Crippen molar-refractivity contribution in [3.8, 4) is 0 Å². The van der Waals surface area contributed by atoms with Crippen molar-refractivity contribution in [3.05, 3.63) is 29.3 Å². The summed E-state index contributed by atoms with van der Waals surface area (Å²) in [5, 5.41) is 2.48. The summed E-state index contributed by atoms with van der Waals surface area (Å²) in [5.74, 6) is -1.48. The van der Waals surface area contributed by atoms with Crippen molar-refractivity contribution < 1.29 is 13.6 Å². The molecule has 0 atom stereocenters. The first-order valence-corrected chi connectivity index (χ1v) is 6.46. The molecule has 104 valence electrons. The Kier molecular flexibility index (Phi) is 3.85. The first-order chi connectivity index (χ1) is 8.98. The second-order valence-electron chi connectivity index (χ2n) is 5.23. The van der Waals surface area contributed by atoms with Crippen LogP contribution in [0.4, 0.5) is 14.5 Å². The number of carbonyl (C=O) groups is 1. The lowest BCUT2D eigenvalue weighted by molar-refractivity contribution is -0.124. The molecule has 2 rings (SSSR count). The normalized spacial score (nSPS) is 17.5. The lowest BCUT2D eigenvalue weighted by atomic mass is 9.85. The molecule has 0 unspecified atom stereocenters. The summed E-state index contributed by atoms with van der Waals surface area (Å²) in [6.07, 6.45) is 3.28. The molecule has 0 spiro atoms. The van der Waals surface area contributed by atoms with Gasteiger partial charge in [-0.1, -0.05) is 12.8 Å². The van der Waals surface area contributed by atoms with Crippen LogP contribution >= 0.6 is 0 Å². The van der Waals surface area contributed by atoms with Crippen molar-refractivity contribution >= 4 is 11.6 Å². The Morgan fingerprint density at radius 2 is 1.95 bits per heavy atom. The summed E-state index contributed by atoms with van der Waals surface area (Å²) in [5.41, 5.74) is 5.15. The van der Waals surface area contributed by atoms with E-state index in [0.717, 1.165) is 25.0 Å². The molecule has 1 aliphatic rings. The van der Waals surface area contributed by atoms with Crippen LogP contribution in [0.1, 0.15) is 31.2 Å². The van der Waals surface area contributed by atoms with Crippen LogP contribution in [-0.2, 0) is 4.79 Å². The molecule has 1 saturated carbocycles. The number of aryl methyl sites for hydroxylation is 1. The van der Waals surface area contributed by atoms with E-state index in [1.165, 1.54) is 6.92 Å². The molecule has 1 fully saturated rings. The largest absolute Gasteiger partial charge is 0.329 e. The highest BCUT2D eigenvalue weighted by molar-refractivity contribution is 5.95. The predicted molar refractivity (Wildman–Crippen MR) is 69.7 cm³/mol. The summed E-state index contributed by atoms with van der Waals surface area (Å²) in [6, 6.07) is 2.09. The van der Waals surface area contributed by atoms with E-state index in [-0.39, 0.29) is 23.7 Å². The van der Waals surface area contributed by atoms with E-state index in [9.17, 15) is 13.6 Å². The van der Waals surface area contributed by atoms with Crippen molar-refractivity contribution in [3.63, 3.8) is 0 Å². The number of halogens is 2. The third-order valence-corrected chi connectivity index (χ3v) is 3.93. The third-order valence-electron chi connectivity index (χ3n) is 3.93. The Labute approximate surface area is 111 Å². The molecule has 19 heavy (non-hydrogen) atoms. The lowest BCUT2D eigenvalue weighted by Crippen LogP contribution is -2.40. The van der Waals surface area contributed by atoms with Crippen molar-refractivity contribution in [2.45, 2.75) is 32.6 Å². The van der Waals surface area contributed by atoms with Crippen LogP contribution in [0.15, 0.2) is 12.1 Å². The highest BCUT2D eigenvalue weighted by Gasteiger charge is 2.40. The van der Waals surface area contributed by atoms with E-state index in [1.54, 1.807) is 0 Å². The monoisotopic (exact) mass is 268 g/mol. The average Bonchev–Trinajstić information content (AvgIpc) is 2.86. The molecule has 0 saturated heterocycles. The smallest absolute Gasteiger partial charge is 0.231 e. The summed E-state index contributed by atoms with van der Waals surface area (Å²) >= 11 is 0. The fourth-order valence-corrected chi connectivity index (χ4v) is 2.57. The summed E-state index contributed by atoms with van der Waals surface area (Å²) in [7, 11) is 0. The second-order valence-corrected chi connectivity index (χ2v) is 5.23. The van der Waals surface area contributed by atoms with Gasteiger partial charge < -0.3 is 11.1 Å². The van der Waals surface area contributed by atoms with Crippen LogP contribution in [0.2, 0.25) is 0 Å². The second kappa shape index (κ2) is 5.25. The summed E-state index contributed by atoms with van der Waals surface area (Å²) in [4.78, 5) is 12.2. The fraction of sp³-hybridized carbons (Fsp3) is 0.500. The van der Waals surface area contributed by atoms with E-state index in [1.807, 2.05) is 0 Å².